The van der Waals surface area contributed by atoms with Crippen molar-refractivity contribution in [1.82, 2.24) is 4.72 Å². The number of rotatable bonds is 9. The molecular weight excluding hydrogens is 440 g/mol. The van der Waals surface area contributed by atoms with Crippen LogP contribution in [0.3, 0.4) is 0 Å². The number of amides is 1. The zero-order valence-electron chi connectivity index (χ0n) is 18.5. The smallest absolute Gasteiger partial charge is 0.255 e. The second-order valence-corrected chi connectivity index (χ2v) is 9.67. The molecule has 0 bridgehead atoms. The van der Waals surface area contributed by atoms with Gasteiger partial charge in [-0.2, -0.15) is 0 Å². The molecule has 1 aliphatic carbocycles. The molecule has 8 heteroatoms. The second-order valence-electron chi connectivity index (χ2n) is 7.99. The van der Waals surface area contributed by atoms with Gasteiger partial charge < -0.3 is 14.8 Å². The normalized spacial score (nSPS) is 13.4. The fraction of sp³-hybridized carbons (Fsp3) is 0.240. The van der Waals surface area contributed by atoms with Crippen LogP contribution in [0.1, 0.15) is 34.3 Å². The Labute approximate surface area is 193 Å². The minimum atomic E-state index is -3.80. The molecule has 0 heterocycles. The molecule has 172 valence electrons. The molecule has 7 nitrogen and oxygen atoms in total. The van der Waals surface area contributed by atoms with E-state index in [4.69, 9.17) is 9.47 Å². The van der Waals surface area contributed by atoms with E-state index >= 15 is 0 Å². The second kappa shape index (κ2) is 9.64. The highest BCUT2D eigenvalue weighted by molar-refractivity contribution is 7.89. The summed E-state index contributed by atoms with van der Waals surface area (Å²) in [5.74, 6) is 0.264. The van der Waals surface area contributed by atoms with Crippen molar-refractivity contribution < 1.29 is 22.7 Å². The van der Waals surface area contributed by atoms with Gasteiger partial charge in [-0.15, -0.1) is 0 Å². The molecular formula is C25H26N2O5S. The molecule has 0 spiro atoms. The van der Waals surface area contributed by atoms with E-state index in [2.05, 4.69) is 10.0 Å². The van der Waals surface area contributed by atoms with Crippen LogP contribution in [0.25, 0.3) is 0 Å². The van der Waals surface area contributed by atoms with E-state index < -0.39 is 15.9 Å². The number of carbonyl (C=O) groups is 1. The summed E-state index contributed by atoms with van der Waals surface area (Å²) in [4.78, 5) is 13.0. The molecule has 0 radical (unpaired) electrons. The van der Waals surface area contributed by atoms with Crippen LogP contribution >= 0.6 is 0 Å². The average molecular weight is 467 g/mol. The zero-order valence-corrected chi connectivity index (χ0v) is 19.3. The van der Waals surface area contributed by atoms with Gasteiger partial charge >= 0.3 is 0 Å². The van der Waals surface area contributed by atoms with E-state index in [9.17, 15) is 13.2 Å². The van der Waals surface area contributed by atoms with Crippen LogP contribution in [0.5, 0.6) is 11.5 Å². The van der Waals surface area contributed by atoms with Crippen molar-refractivity contribution in [1.29, 1.82) is 0 Å². The summed E-state index contributed by atoms with van der Waals surface area (Å²) in [6, 6.07) is 19.5. The first-order valence-electron chi connectivity index (χ1n) is 10.6. The lowest BCUT2D eigenvalue weighted by Gasteiger charge is -2.15. The molecule has 3 aromatic carbocycles. The Hall–Kier alpha value is -3.36. The summed E-state index contributed by atoms with van der Waals surface area (Å²) in [6.45, 7) is 2.29. The Bertz CT molecular complexity index is 1260. The van der Waals surface area contributed by atoms with E-state index in [-0.39, 0.29) is 22.3 Å². The topological polar surface area (TPSA) is 93.7 Å². The number of methoxy groups -OCH3 is 1. The van der Waals surface area contributed by atoms with E-state index in [1.54, 1.807) is 6.07 Å². The van der Waals surface area contributed by atoms with Crippen molar-refractivity contribution in [3.63, 3.8) is 0 Å². The number of sulfonamides is 1. The average Bonchev–Trinajstić information content (AvgIpc) is 3.62. The largest absolute Gasteiger partial charge is 0.495 e. The predicted molar refractivity (Wildman–Crippen MR) is 126 cm³/mol. The summed E-state index contributed by atoms with van der Waals surface area (Å²) < 4.78 is 39.3. The van der Waals surface area contributed by atoms with Crippen molar-refractivity contribution in [3.05, 3.63) is 83.4 Å². The number of hydrogen-bond donors (Lipinski definition) is 2. The predicted octanol–water partition coefficient (Wildman–Crippen LogP) is 4.28. The van der Waals surface area contributed by atoms with Gasteiger partial charge in [-0.3, -0.25) is 4.79 Å². The Morgan fingerprint density at radius 3 is 2.45 bits per heavy atom. The molecule has 0 aliphatic heterocycles. The molecule has 0 aromatic heterocycles. The third-order valence-corrected chi connectivity index (χ3v) is 6.78. The highest BCUT2D eigenvalue weighted by Gasteiger charge is 2.30. The molecule has 2 N–H and O–H groups in total. The van der Waals surface area contributed by atoms with Gasteiger partial charge in [-0.1, -0.05) is 36.4 Å². The third kappa shape index (κ3) is 5.71. The minimum absolute atomic E-state index is 0.0610. The number of nitrogens with one attached hydrogen (secondary N) is 2. The van der Waals surface area contributed by atoms with Crippen molar-refractivity contribution >= 4 is 21.6 Å². The number of hydrogen-bond acceptors (Lipinski definition) is 5. The van der Waals surface area contributed by atoms with Gasteiger partial charge in [-0.05, 0) is 61.2 Å². The standard InChI is InChI=1S/C25H26N2O5S/c1-17-8-12-21(23(14-17)32-16-18-6-4-3-5-7-18)26-25(28)19-9-13-22(31-2)24(15-19)33(29,30)27-20-10-11-20/h3-9,12-15,20,27H,10-11,16H2,1-2H3,(H,26,28). The van der Waals surface area contributed by atoms with Crippen LogP contribution in [0.4, 0.5) is 5.69 Å². The summed E-state index contributed by atoms with van der Waals surface area (Å²) >= 11 is 0. The van der Waals surface area contributed by atoms with Crippen LogP contribution in [-0.4, -0.2) is 27.5 Å². The van der Waals surface area contributed by atoms with Gasteiger partial charge in [0.2, 0.25) is 10.0 Å². The number of aryl methyl sites for hydroxylation is 1. The van der Waals surface area contributed by atoms with Gasteiger partial charge in [0.25, 0.3) is 5.91 Å². The van der Waals surface area contributed by atoms with E-state index in [1.165, 1.54) is 25.3 Å². The Morgan fingerprint density at radius 1 is 1.00 bits per heavy atom. The van der Waals surface area contributed by atoms with Crippen LogP contribution in [0.2, 0.25) is 0 Å². The van der Waals surface area contributed by atoms with Gasteiger partial charge in [0.1, 0.15) is 23.0 Å². The fourth-order valence-corrected chi connectivity index (χ4v) is 4.79. The van der Waals surface area contributed by atoms with Crippen LogP contribution < -0.4 is 19.5 Å². The molecule has 1 fully saturated rings. The van der Waals surface area contributed by atoms with Gasteiger partial charge in [0, 0.05) is 11.6 Å². The Morgan fingerprint density at radius 2 is 1.76 bits per heavy atom. The van der Waals surface area contributed by atoms with Gasteiger partial charge in [0.15, 0.2) is 0 Å². The molecule has 33 heavy (non-hydrogen) atoms. The monoisotopic (exact) mass is 466 g/mol. The van der Waals surface area contributed by atoms with E-state index in [1.807, 2.05) is 49.4 Å². The Kier molecular flexibility index (Phi) is 6.67. The molecule has 1 aliphatic rings. The summed E-state index contributed by atoms with van der Waals surface area (Å²) in [6.07, 6.45) is 1.61. The molecule has 0 saturated heterocycles. The van der Waals surface area contributed by atoms with Crippen molar-refractivity contribution in [2.45, 2.75) is 37.3 Å². The van der Waals surface area contributed by atoms with Crippen LogP contribution in [0.15, 0.2) is 71.6 Å². The van der Waals surface area contributed by atoms with E-state index in [0.717, 1.165) is 24.0 Å². The number of benzene rings is 3. The number of ether oxygens (including phenoxy) is 2. The van der Waals surface area contributed by atoms with Crippen molar-refractivity contribution in [2.24, 2.45) is 0 Å². The first-order chi connectivity index (χ1) is 15.9. The molecule has 0 unspecified atom stereocenters. The maximum absolute atomic E-state index is 13.0. The van der Waals surface area contributed by atoms with Crippen molar-refractivity contribution in [3.8, 4) is 11.5 Å². The summed E-state index contributed by atoms with van der Waals surface area (Å²) in [5, 5.41) is 2.84. The zero-order chi connectivity index (χ0) is 23.4. The molecule has 1 saturated carbocycles. The highest BCUT2D eigenvalue weighted by Crippen LogP contribution is 2.30. The first-order valence-corrected chi connectivity index (χ1v) is 12.1. The SMILES string of the molecule is COc1ccc(C(=O)Nc2ccc(C)cc2OCc2ccccc2)cc1S(=O)(=O)NC1CC1. The lowest BCUT2D eigenvalue weighted by Crippen LogP contribution is -2.26. The van der Waals surface area contributed by atoms with Gasteiger partial charge in [-0.25, -0.2) is 13.1 Å². The highest BCUT2D eigenvalue weighted by atomic mass is 32.2. The minimum Gasteiger partial charge on any atom is -0.495 e. The maximum Gasteiger partial charge on any atom is 0.255 e. The molecule has 1 amide bonds. The summed E-state index contributed by atoms with van der Waals surface area (Å²) in [5.41, 5.74) is 2.68. The van der Waals surface area contributed by atoms with Crippen molar-refractivity contribution in [2.75, 3.05) is 12.4 Å². The molecule has 3 aromatic rings. The fourth-order valence-electron chi connectivity index (χ4n) is 3.29. The lowest BCUT2D eigenvalue weighted by atomic mass is 10.1. The first kappa shape index (κ1) is 22.8. The molecule has 4 rings (SSSR count). The Balaban J connectivity index is 1.56. The maximum atomic E-state index is 13.0. The molecule has 0 atom stereocenters. The van der Waals surface area contributed by atoms with Gasteiger partial charge in [0.05, 0.1) is 12.8 Å². The number of anilines is 1. The van der Waals surface area contributed by atoms with E-state index in [0.29, 0.717) is 18.0 Å². The number of carbonyl (C=O) groups excluding carboxylic acids is 1. The lowest BCUT2D eigenvalue weighted by molar-refractivity contribution is 0.102. The quantitative estimate of drug-likeness (QED) is 0.491. The third-order valence-electron chi connectivity index (χ3n) is 5.24. The van der Waals surface area contributed by atoms with Crippen LogP contribution in [-0.2, 0) is 16.6 Å². The van der Waals surface area contributed by atoms with Crippen LogP contribution in [0, 0.1) is 6.92 Å². The summed E-state index contributed by atoms with van der Waals surface area (Å²) in [7, 11) is -2.40.